The van der Waals surface area contributed by atoms with E-state index in [0.717, 1.165) is 16.7 Å². The van der Waals surface area contributed by atoms with Gasteiger partial charge in [0.05, 0.1) is 22.9 Å². The first-order chi connectivity index (χ1) is 12.6. The quantitative estimate of drug-likeness (QED) is 0.568. The summed E-state index contributed by atoms with van der Waals surface area (Å²) in [5.74, 6) is 1.89. The van der Waals surface area contributed by atoms with Crippen LogP contribution in [-0.2, 0) is 0 Å². The molecule has 0 fully saturated rings. The zero-order valence-corrected chi connectivity index (χ0v) is 14.2. The minimum atomic E-state index is -0.0175. The van der Waals surface area contributed by atoms with Crippen LogP contribution >= 0.6 is 0 Å². The van der Waals surface area contributed by atoms with Crippen molar-refractivity contribution >= 4 is 28.5 Å². The maximum absolute atomic E-state index is 11.4. The van der Waals surface area contributed by atoms with Crippen LogP contribution in [-0.4, -0.2) is 35.5 Å². The lowest BCUT2D eigenvalue weighted by molar-refractivity contribution is 0.101. The zero-order chi connectivity index (χ0) is 18.1. The predicted octanol–water partition coefficient (Wildman–Crippen LogP) is 2.86. The van der Waals surface area contributed by atoms with E-state index < -0.39 is 0 Å². The molecule has 4 aromatic heterocycles. The van der Waals surface area contributed by atoms with Crippen LogP contribution in [0.15, 0.2) is 49.1 Å². The number of ketones is 1. The van der Waals surface area contributed by atoms with Crippen LogP contribution < -0.4 is 5.32 Å². The Kier molecular flexibility index (Phi) is 3.85. The summed E-state index contributed by atoms with van der Waals surface area (Å²) in [5.41, 5.74) is 3.00. The zero-order valence-electron chi connectivity index (χ0n) is 14.2. The van der Waals surface area contributed by atoms with Crippen LogP contribution in [0.4, 0.5) is 11.6 Å². The lowest BCUT2D eigenvalue weighted by atomic mass is 10.2. The number of hydrogen-bond donors (Lipinski definition) is 1. The molecule has 0 aliphatic carbocycles. The molecule has 1 N–H and O–H groups in total. The highest BCUT2D eigenvalue weighted by molar-refractivity contribution is 5.93. The van der Waals surface area contributed by atoms with Crippen molar-refractivity contribution in [3.8, 4) is 5.82 Å². The average Bonchev–Trinajstić information content (AvgIpc) is 3.07. The minimum Gasteiger partial charge on any atom is -0.323 e. The van der Waals surface area contributed by atoms with Crippen molar-refractivity contribution in [2.45, 2.75) is 13.8 Å². The van der Waals surface area contributed by atoms with Gasteiger partial charge in [-0.05, 0) is 38.1 Å². The van der Waals surface area contributed by atoms with E-state index in [4.69, 9.17) is 0 Å². The van der Waals surface area contributed by atoms with Gasteiger partial charge in [-0.2, -0.15) is 5.10 Å². The molecule has 128 valence electrons. The van der Waals surface area contributed by atoms with Crippen molar-refractivity contribution in [2.75, 3.05) is 5.32 Å². The van der Waals surface area contributed by atoms with Gasteiger partial charge in [-0.15, -0.1) is 5.10 Å². The molecule has 4 heterocycles. The fourth-order valence-electron chi connectivity index (χ4n) is 2.49. The Morgan fingerprint density at radius 1 is 1.00 bits per heavy atom. The van der Waals surface area contributed by atoms with Crippen LogP contribution in [0.3, 0.4) is 0 Å². The number of nitrogens with one attached hydrogen (secondary N) is 1. The number of rotatable bonds is 4. The van der Waals surface area contributed by atoms with Gasteiger partial charge in [0, 0.05) is 17.8 Å². The molecule has 8 heteroatoms. The van der Waals surface area contributed by atoms with Crippen LogP contribution in [0.2, 0.25) is 0 Å². The number of pyridine rings is 2. The van der Waals surface area contributed by atoms with Gasteiger partial charge >= 0.3 is 0 Å². The van der Waals surface area contributed by atoms with E-state index in [1.54, 1.807) is 30.9 Å². The first-order valence-electron chi connectivity index (χ1n) is 7.98. The summed E-state index contributed by atoms with van der Waals surface area (Å²) in [6, 6.07) is 9.07. The Morgan fingerprint density at radius 3 is 2.58 bits per heavy atom. The van der Waals surface area contributed by atoms with Crippen LogP contribution in [0.25, 0.3) is 16.9 Å². The Labute approximate surface area is 149 Å². The highest BCUT2D eigenvalue weighted by Gasteiger charge is 2.09. The molecule has 4 rings (SSSR count). The molecule has 0 saturated carbocycles. The molecular formula is C18H15N7O. The molecule has 4 aromatic rings. The fraction of sp³-hybridized carbons (Fsp3) is 0.111. The van der Waals surface area contributed by atoms with Crippen molar-refractivity contribution in [2.24, 2.45) is 0 Å². The van der Waals surface area contributed by atoms with E-state index in [1.165, 1.54) is 6.92 Å². The van der Waals surface area contributed by atoms with Gasteiger partial charge in [0.1, 0.15) is 18.0 Å². The van der Waals surface area contributed by atoms with Gasteiger partial charge in [0.2, 0.25) is 0 Å². The van der Waals surface area contributed by atoms with Gasteiger partial charge in [-0.3, -0.25) is 9.36 Å². The molecule has 0 saturated heterocycles. The molecule has 0 spiro atoms. The number of hydrogen-bond acceptors (Lipinski definition) is 7. The van der Waals surface area contributed by atoms with Crippen molar-refractivity contribution in [3.05, 3.63) is 60.3 Å². The van der Waals surface area contributed by atoms with Crippen molar-refractivity contribution < 1.29 is 4.79 Å². The number of carbonyl (C=O) groups is 1. The monoisotopic (exact) mass is 345 g/mol. The second-order valence-electron chi connectivity index (χ2n) is 5.82. The van der Waals surface area contributed by atoms with E-state index in [1.807, 2.05) is 29.7 Å². The number of imidazole rings is 1. The third-order valence-electron chi connectivity index (χ3n) is 3.89. The van der Waals surface area contributed by atoms with E-state index >= 15 is 0 Å². The first-order valence-corrected chi connectivity index (χ1v) is 7.98. The van der Waals surface area contributed by atoms with Gasteiger partial charge < -0.3 is 5.32 Å². The van der Waals surface area contributed by atoms with Crippen LogP contribution in [0.5, 0.6) is 0 Å². The largest absolute Gasteiger partial charge is 0.323 e. The summed E-state index contributed by atoms with van der Waals surface area (Å²) in [7, 11) is 0. The van der Waals surface area contributed by atoms with Crippen LogP contribution in [0.1, 0.15) is 23.0 Å². The topological polar surface area (TPSA) is 98.5 Å². The van der Waals surface area contributed by atoms with Gasteiger partial charge in [-0.1, -0.05) is 0 Å². The highest BCUT2D eigenvalue weighted by Crippen LogP contribution is 2.20. The third-order valence-corrected chi connectivity index (χ3v) is 3.89. The summed E-state index contributed by atoms with van der Waals surface area (Å²) < 4.78 is 1.82. The minimum absolute atomic E-state index is 0.0175. The highest BCUT2D eigenvalue weighted by atomic mass is 16.1. The number of carbonyl (C=O) groups excluding carboxylic acids is 1. The number of Topliss-reactive ketones (excluding diaryl/α,β-unsaturated/α-hetero) is 1. The Hall–Kier alpha value is -3.68. The standard InChI is InChI=1S/C18H15N7O/c1-11-3-5-16(24-23-11)22-17-7-14-15(9-19-17)25(10-21-14)18-6-4-13(8-20-18)12(2)26/h3-10H,1-2H3,(H,19,22,24). The molecule has 0 aliphatic rings. The maximum atomic E-state index is 11.4. The third kappa shape index (κ3) is 3.00. The average molecular weight is 345 g/mol. The predicted molar refractivity (Wildman–Crippen MR) is 96.7 cm³/mol. The second-order valence-corrected chi connectivity index (χ2v) is 5.82. The summed E-state index contributed by atoms with van der Waals surface area (Å²) >= 11 is 0. The van der Waals surface area contributed by atoms with E-state index in [9.17, 15) is 4.79 Å². The molecule has 0 aromatic carbocycles. The van der Waals surface area contributed by atoms with Gasteiger partial charge in [-0.25, -0.2) is 15.0 Å². The molecule has 8 nitrogen and oxygen atoms in total. The smallest absolute Gasteiger partial charge is 0.161 e. The number of anilines is 2. The Balaban J connectivity index is 1.64. The molecule has 0 amide bonds. The van der Waals surface area contributed by atoms with Gasteiger partial charge in [0.25, 0.3) is 0 Å². The van der Waals surface area contributed by atoms with E-state index in [-0.39, 0.29) is 5.78 Å². The number of aromatic nitrogens is 6. The molecule has 0 radical (unpaired) electrons. The lowest BCUT2D eigenvalue weighted by Crippen LogP contribution is -2.00. The SMILES string of the molecule is CC(=O)c1ccc(-n2cnc3cc(Nc4ccc(C)nn4)ncc32)nc1. The van der Waals surface area contributed by atoms with E-state index in [0.29, 0.717) is 23.0 Å². The first kappa shape index (κ1) is 15.8. The van der Waals surface area contributed by atoms with Gasteiger partial charge in [0.15, 0.2) is 11.6 Å². The normalized spacial score (nSPS) is 10.8. The summed E-state index contributed by atoms with van der Waals surface area (Å²) in [5, 5.41) is 11.2. The molecule has 0 atom stereocenters. The van der Waals surface area contributed by atoms with Crippen molar-refractivity contribution in [1.82, 2.24) is 29.7 Å². The van der Waals surface area contributed by atoms with E-state index in [2.05, 4.69) is 30.5 Å². The molecule has 0 unspecified atom stereocenters. The van der Waals surface area contributed by atoms with Crippen molar-refractivity contribution in [3.63, 3.8) is 0 Å². The van der Waals surface area contributed by atoms with Crippen molar-refractivity contribution in [1.29, 1.82) is 0 Å². The Morgan fingerprint density at radius 2 is 1.88 bits per heavy atom. The summed E-state index contributed by atoms with van der Waals surface area (Å²) in [6.45, 7) is 3.39. The number of nitrogens with zero attached hydrogens (tertiary/aromatic N) is 6. The number of fused-ring (bicyclic) bond motifs is 1. The molecular weight excluding hydrogens is 330 g/mol. The maximum Gasteiger partial charge on any atom is 0.161 e. The fourth-order valence-corrected chi connectivity index (χ4v) is 2.49. The number of aryl methyl sites for hydroxylation is 1. The molecule has 0 aliphatic heterocycles. The van der Waals surface area contributed by atoms with Crippen LogP contribution in [0, 0.1) is 6.92 Å². The second kappa shape index (κ2) is 6.32. The summed E-state index contributed by atoms with van der Waals surface area (Å²) in [4.78, 5) is 24.5. The molecule has 26 heavy (non-hydrogen) atoms. The Bertz CT molecular complexity index is 1080. The lowest BCUT2D eigenvalue weighted by Gasteiger charge is -2.06. The summed E-state index contributed by atoms with van der Waals surface area (Å²) in [6.07, 6.45) is 4.95. The molecule has 0 bridgehead atoms.